The molecule has 2 fully saturated rings. The van der Waals surface area contributed by atoms with Crippen LogP contribution in [0.3, 0.4) is 0 Å². The second kappa shape index (κ2) is 15.4. The first-order valence-corrected chi connectivity index (χ1v) is 19.5. The fourth-order valence-electron chi connectivity index (χ4n) is 7.78. The Morgan fingerprint density at radius 2 is 1.56 bits per heavy atom. The van der Waals surface area contributed by atoms with Crippen LogP contribution in [0.4, 0.5) is 16.2 Å². The Balaban J connectivity index is 1.15. The predicted octanol–water partition coefficient (Wildman–Crippen LogP) is 10.3. The lowest BCUT2D eigenvalue weighted by Crippen LogP contribution is -2.48. The average molecular weight is 781 g/mol. The number of halogens is 3. The van der Waals surface area contributed by atoms with Crippen LogP contribution in [0.25, 0.3) is 33.4 Å². The molecule has 6 aromatic rings. The first-order valence-electron chi connectivity index (χ1n) is 18.3. The summed E-state index contributed by atoms with van der Waals surface area (Å²) in [4.78, 5) is 40.0. The molecule has 0 saturated carbocycles. The van der Waals surface area contributed by atoms with Crippen LogP contribution in [0.1, 0.15) is 54.7 Å². The summed E-state index contributed by atoms with van der Waals surface area (Å²) in [5, 5.41) is 8.95. The molecule has 8 rings (SSSR count). The summed E-state index contributed by atoms with van der Waals surface area (Å²) in [6.45, 7) is 5.21. The van der Waals surface area contributed by atoms with E-state index in [0.717, 1.165) is 91.0 Å². The summed E-state index contributed by atoms with van der Waals surface area (Å²) in [5.41, 5.74) is 6.65. The van der Waals surface area contributed by atoms with Crippen molar-refractivity contribution >= 4 is 69.0 Å². The maximum absolute atomic E-state index is 14.7. The number of hydrogen-bond acceptors (Lipinski definition) is 4. The molecule has 9 nitrogen and oxygen atoms in total. The molecule has 4 aromatic carbocycles. The van der Waals surface area contributed by atoms with E-state index in [1.54, 1.807) is 12.4 Å². The predicted molar refractivity (Wildman–Crippen MR) is 219 cm³/mol. The number of nitrogens with one attached hydrogen (secondary N) is 3. The van der Waals surface area contributed by atoms with Gasteiger partial charge in [-0.2, -0.15) is 0 Å². The molecule has 2 aliphatic rings. The SMILES string of the molecule is C[C@@H](c1ccc(Cl)cc1Cl)n1cnc(-c2ccccc2)c1-c1c(C(=O)Nc2ccccc2N2CCC(NC(=O)N3CCCC3)CC2)[nH]c2cc(Cl)ccc12. The second-order valence-corrected chi connectivity index (χ2v) is 15.3. The van der Waals surface area contributed by atoms with Crippen molar-refractivity contribution in [2.45, 2.75) is 44.7 Å². The van der Waals surface area contributed by atoms with E-state index in [4.69, 9.17) is 39.8 Å². The Bertz CT molecular complexity index is 2330. The van der Waals surface area contributed by atoms with Gasteiger partial charge in [-0.05, 0) is 74.6 Å². The molecule has 0 unspecified atom stereocenters. The van der Waals surface area contributed by atoms with Crippen molar-refractivity contribution in [1.82, 2.24) is 24.8 Å². The number of aromatic amines is 1. The van der Waals surface area contributed by atoms with Crippen LogP contribution in [-0.4, -0.2) is 63.6 Å². The second-order valence-electron chi connectivity index (χ2n) is 14.0. The lowest BCUT2D eigenvalue weighted by atomic mass is 9.99. The standard InChI is InChI=1S/C42H40Cl3N7O2/c1-26(31-15-13-28(43)23-33(31)45)52-25-46-38(27-9-3-2-4-10-27)40(52)37-32-16-14-29(44)24-35(32)48-39(37)41(53)49-34-11-5-6-12-36(34)50-21-17-30(18-22-50)47-42(54)51-19-7-8-20-51/h2-6,9-16,23-26,30,48H,7-8,17-22H2,1H3,(H,47,54)(H,49,53)/t26-/m0/s1. The number of benzene rings is 4. The number of anilines is 2. The van der Waals surface area contributed by atoms with Crippen LogP contribution in [-0.2, 0) is 0 Å². The molecule has 0 bridgehead atoms. The highest BCUT2D eigenvalue weighted by Gasteiger charge is 2.30. The van der Waals surface area contributed by atoms with E-state index in [1.165, 1.54) is 0 Å². The van der Waals surface area contributed by atoms with Gasteiger partial charge in [0.1, 0.15) is 5.69 Å². The maximum Gasteiger partial charge on any atom is 0.317 e. The van der Waals surface area contributed by atoms with E-state index < -0.39 is 0 Å². The largest absolute Gasteiger partial charge is 0.370 e. The zero-order chi connectivity index (χ0) is 37.3. The minimum absolute atomic E-state index is 0.0384. The van der Waals surface area contributed by atoms with Gasteiger partial charge in [0.15, 0.2) is 0 Å². The molecule has 2 aliphatic heterocycles. The summed E-state index contributed by atoms with van der Waals surface area (Å²) in [7, 11) is 0. The normalized spacial score (nSPS) is 15.5. The van der Waals surface area contributed by atoms with E-state index in [1.807, 2.05) is 89.8 Å². The number of piperidine rings is 1. The molecule has 0 radical (unpaired) electrons. The summed E-state index contributed by atoms with van der Waals surface area (Å²) in [6, 6.07) is 28.8. The molecule has 12 heteroatoms. The lowest BCUT2D eigenvalue weighted by molar-refractivity contribution is 0.102. The van der Waals surface area contributed by atoms with Crippen LogP contribution in [0.15, 0.2) is 97.3 Å². The Hall–Kier alpha value is -4.96. The number of amides is 3. The fourth-order valence-corrected chi connectivity index (χ4v) is 8.51. The molecular weight excluding hydrogens is 741 g/mol. The maximum atomic E-state index is 14.7. The van der Waals surface area contributed by atoms with Crippen LogP contribution in [0.2, 0.25) is 15.1 Å². The average Bonchev–Trinajstić information content (AvgIpc) is 3.95. The number of hydrogen-bond donors (Lipinski definition) is 3. The number of carbonyl (C=O) groups is 2. The Morgan fingerprint density at radius 1 is 0.852 bits per heavy atom. The van der Waals surface area contributed by atoms with Gasteiger partial charge in [0.25, 0.3) is 5.91 Å². The van der Waals surface area contributed by atoms with E-state index in [2.05, 4.69) is 32.0 Å². The van der Waals surface area contributed by atoms with Gasteiger partial charge in [0.2, 0.25) is 0 Å². The zero-order valence-corrected chi connectivity index (χ0v) is 32.1. The summed E-state index contributed by atoms with van der Waals surface area (Å²) < 4.78 is 2.06. The van der Waals surface area contributed by atoms with Crippen LogP contribution >= 0.6 is 34.8 Å². The van der Waals surface area contributed by atoms with Gasteiger partial charge in [-0.1, -0.05) is 89.4 Å². The van der Waals surface area contributed by atoms with E-state index in [9.17, 15) is 9.59 Å². The Labute approximate surface area is 329 Å². The number of rotatable bonds is 8. The molecule has 3 amide bonds. The third-order valence-electron chi connectivity index (χ3n) is 10.6. The van der Waals surface area contributed by atoms with Crippen molar-refractivity contribution in [2.24, 2.45) is 0 Å². The van der Waals surface area contributed by atoms with Gasteiger partial charge in [0, 0.05) is 69.3 Å². The third kappa shape index (κ3) is 7.16. The van der Waals surface area contributed by atoms with Crippen molar-refractivity contribution in [3.8, 4) is 22.5 Å². The Kier molecular flexibility index (Phi) is 10.3. The topological polar surface area (TPSA) is 98.3 Å². The van der Waals surface area contributed by atoms with Crippen LogP contribution < -0.4 is 15.5 Å². The van der Waals surface area contributed by atoms with Crippen molar-refractivity contribution in [3.05, 3.63) is 124 Å². The molecule has 0 spiro atoms. The highest BCUT2D eigenvalue weighted by atomic mass is 35.5. The van der Waals surface area contributed by atoms with E-state index in [-0.39, 0.29) is 24.0 Å². The fraction of sp³-hybridized carbons (Fsp3) is 0.262. The number of nitrogens with zero attached hydrogens (tertiary/aromatic N) is 4. The first-order chi connectivity index (χ1) is 26.2. The molecule has 3 N–H and O–H groups in total. The number of fused-ring (bicyclic) bond motifs is 1. The summed E-state index contributed by atoms with van der Waals surface area (Å²) in [6.07, 6.45) is 5.57. The smallest absolute Gasteiger partial charge is 0.317 e. The number of likely N-dealkylation sites (tertiary alicyclic amines) is 1. The van der Waals surface area contributed by atoms with Gasteiger partial charge in [-0.15, -0.1) is 0 Å². The molecule has 4 heterocycles. The molecule has 1 atom stereocenters. The number of para-hydroxylation sites is 2. The minimum Gasteiger partial charge on any atom is -0.370 e. The monoisotopic (exact) mass is 779 g/mol. The molecular formula is C42H40Cl3N7O2. The summed E-state index contributed by atoms with van der Waals surface area (Å²) >= 11 is 19.6. The minimum atomic E-state index is -0.304. The van der Waals surface area contributed by atoms with Crippen LogP contribution in [0.5, 0.6) is 0 Å². The van der Waals surface area contributed by atoms with Gasteiger partial charge in [0.05, 0.1) is 35.1 Å². The third-order valence-corrected chi connectivity index (χ3v) is 11.4. The van der Waals surface area contributed by atoms with Crippen molar-refractivity contribution in [3.63, 3.8) is 0 Å². The summed E-state index contributed by atoms with van der Waals surface area (Å²) in [5.74, 6) is -0.304. The number of urea groups is 1. The lowest BCUT2D eigenvalue weighted by Gasteiger charge is -2.35. The molecule has 276 valence electrons. The number of imidazole rings is 1. The number of H-pyrrole nitrogens is 1. The Morgan fingerprint density at radius 3 is 2.31 bits per heavy atom. The number of aromatic nitrogens is 3. The van der Waals surface area contributed by atoms with E-state index >= 15 is 0 Å². The van der Waals surface area contributed by atoms with E-state index in [0.29, 0.717) is 32.0 Å². The van der Waals surface area contributed by atoms with Gasteiger partial charge in [-0.3, -0.25) is 4.79 Å². The molecule has 54 heavy (non-hydrogen) atoms. The van der Waals surface area contributed by atoms with Crippen molar-refractivity contribution in [2.75, 3.05) is 36.4 Å². The zero-order valence-electron chi connectivity index (χ0n) is 29.8. The molecule has 0 aliphatic carbocycles. The van der Waals surface area contributed by atoms with Crippen molar-refractivity contribution < 1.29 is 9.59 Å². The number of carbonyl (C=O) groups excluding carboxylic acids is 2. The van der Waals surface area contributed by atoms with Crippen LogP contribution in [0, 0.1) is 0 Å². The van der Waals surface area contributed by atoms with Gasteiger partial charge >= 0.3 is 6.03 Å². The quantitative estimate of drug-likeness (QED) is 0.143. The van der Waals surface area contributed by atoms with Gasteiger partial charge < -0.3 is 30.0 Å². The van der Waals surface area contributed by atoms with Gasteiger partial charge in [-0.25, -0.2) is 9.78 Å². The molecule has 2 saturated heterocycles. The highest BCUT2D eigenvalue weighted by Crippen LogP contribution is 2.42. The van der Waals surface area contributed by atoms with Crippen molar-refractivity contribution in [1.29, 1.82) is 0 Å². The highest BCUT2D eigenvalue weighted by molar-refractivity contribution is 6.35. The first kappa shape index (κ1) is 36.0. The molecule has 2 aromatic heterocycles.